The fraction of sp³-hybridized carbons (Fsp3) is 0.500. The molecule has 4 heterocycles. The van der Waals surface area contributed by atoms with Gasteiger partial charge in [0.2, 0.25) is 0 Å². The number of fused-ring (bicyclic) bond motifs is 3. The van der Waals surface area contributed by atoms with Gasteiger partial charge in [0.1, 0.15) is 5.52 Å². The molecule has 1 unspecified atom stereocenters. The number of hydrogen-bond acceptors (Lipinski definition) is 6. The average Bonchev–Trinajstić information content (AvgIpc) is 3.46. The van der Waals surface area contributed by atoms with Crippen molar-refractivity contribution in [1.29, 1.82) is 0 Å². The maximum Gasteiger partial charge on any atom is 0.420 e. The third-order valence-electron chi connectivity index (χ3n) is 8.14. The van der Waals surface area contributed by atoms with Crippen LogP contribution < -0.4 is 5.69 Å². The summed E-state index contributed by atoms with van der Waals surface area (Å²) in [7, 11) is 1.66. The van der Waals surface area contributed by atoms with Crippen LogP contribution in [0.5, 0.6) is 0 Å². The third-order valence-corrected chi connectivity index (χ3v) is 8.14. The van der Waals surface area contributed by atoms with Crippen LogP contribution in [0.3, 0.4) is 0 Å². The Kier molecular flexibility index (Phi) is 6.26. The van der Waals surface area contributed by atoms with Crippen LogP contribution in [0.1, 0.15) is 50.9 Å². The number of halogens is 3. The summed E-state index contributed by atoms with van der Waals surface area (Å²) in [5, 5.41) is 9.25. The molecular weight excluding hydrogens is 509 g/mol. The maximum atomic E-state index is 13.9. The molecule has 1 aliphatic carbocycles. The van der Waals surface area contributed by atoms with Crippen molar-refractivity contribution in [2.75, 3.05) is 26.2 Å². The van der Waals surface area contributed by atoms with Gasteiger partial charge in [0, 0.05) is 43.3 Å². The monoisotopic (exact) mass is 540 g/mol. The lowest BCUT2D eigenvalue weighted by atomic mass is 10.0. The molecule has 2 aliphatic rings. The highest BCUT2D eigenvalue weighted by Crippen LogP contribution is 2.52. The number of ether oxygens (including phenoxy) is 1. The summed E-state index contributed by atoms with van der Waals surface area (Å²) < 4.78 is 50.2. The van der Waals surface area contributed by atoms with E-state index in [1.54, 1.807) is 23.7 Å². The normalized spacial score (nSPS) is 18.1. The topological polar surface area (TPSA) is 78.1 Å². The van der Waals surface area contributed by atoms with Gasteiger partial charge in [-0.05, 0) is 68.8 Å². The van der Waals surface area contributed by atoms with Gasteiger partial charge in [-0.25, -0.2) is 4.79 Å². The van der Waals surface area contributed by atoms with Crippen molar-refractivity contribution < 1.29 is 17.9 Å². The third kappa shape index (κ3) is 4.71. The van der Waals surface area contributed by atoms with Crippen LogP contribution in [0.2, 0.25) is 0 Å². The van der Waals surface area contributed by atoms with Crippen LogP contribution in [0.4, 0.5) is 13.2 Å². The lowest BCUT2D eigenvalue weighted by Gasteiger charge is -2.22. The second kappa shape index (κ2) is 9.41. The van der Waals surface area contributed by atoms with E-state index < -0.39 is 12.3 Å². The first kappa shape index (κ1) is 25.9. The van der Waals surface area contributed by atoms with Gasteiger partial charge >= 0.3 is 11.9 Å². The number of pyridine rings is 1. The molecule has 0 radical (unpaired) electrons. The molecule has 8 nitrogen and oxygen atoms in total. The zero-order chi connectivity index (χ0) is 27.5. The van der Waals surface area contributed by atoms with Gasteiger partial charge in [-0.15, -0.1) is 10.2 Å². The molecule has 1 saturated heterocycles. The molecule has 1 saturated carbocycles. The highest BCUT2D eigenvalue weighted by molar-refractivity contribution is 6.02. The van der Waals surface area contributed by atoms with Crippen molar-refractivity contribution in [3.8, 4) is 11.1 Å². The van der Waals surface area contributed by atoms with Crippen LogP contribution in [-0.2, 0) is 11.8 Å². The fourth-order valence-corrected chi connectivity index (χ4v) is 5.73. The second-order valence-corrected chi connectivity index (χ2v) is 11.2. The van der Waals surface area contributed by atoms with E-state index in [9.17, 15) is 18.0 Å². The number of hydrogen-bond donors (Lipinski definition) is 0. The van der Waals surface area contributed by atoms with Crippen molar-refractivity contribution in [3.63, 3.8) is 0 Å². The molecule has 1 aliphatic heterocycles. The Labute approximate surface area is 223 Å². The summed E-state index contributed by atoms with van der Waals surface area (Å²) in [5.41, 5.74) is 3.22. The first-order valence-electron chi connectivity index (χ1n) is 13.3. The lowest BCUT2D eigenvalue weighted by Crippen LogP contribution is -2.30. The molecule has 1 spiro atoms. The van der Waals surface area contributed by atoms with Gasteiger partial charge < -0.3 is 9.64 Å². The van der Waals surface area contributed by atoms with Crippen LogP contribution in [-0.4, -0.2) is 61.6 Å². The number of benzene rings is 1. The Bertz CT molecular complexity index is 1590. The first-order chi connectivity index (χ1) is 18.6. The summed E-state index contributed by atoms with van der Waals surface area (Å²) in [6.07, 6.45) is -1.64. The van der Waals surface area contributed by atoms with E-state index in [2.05, 4.69) is 20.1 Å². The van der Waals surface area contributed by atoms with Gasteiger partial charge in [0.05, 0.1) is 17.8 Å². The number of rotatable bonds is 7. The fourth-order valence-electron chi connectivity index (χ4n) is 5.73. The van der Waals surface area contributed by atoms with Crippen molar-refractivity contribution in [3.05, 3.63) is 52.7 Å². The molecule has 4 aromatic rings. The second-order valence-electron chi connectivity index (χ2n) is 11.2. The molecule has 11 heteroatoms. The Balaban J connectivity index is 1.26. The molecule has 0 N–H and O–H groups in total. The molecule has 2 fully saturated rings. The zero-order valence-corrected chi connectivity index (χ0v) is 22.2. The lowest BCUT2D eigenvalue weighted by molar-refractivity contribution is -0.225. The van der Waals surface area contributed by atoms with E-state index >= 15 is 0 Å². The Morgan fingerprint density at radius 2 is 1.85 bits per heavy atom. The number of aromatic nitrogens is 5. The van der Waals surface area contributed by atoms with Crippen molar-refractivity contribution >= 4 is 22.1 Å². The molecule has 206 valence electrons. The number of likely N-dealkylation sites (tertiary alicyclic amines) is 1. The highest BCUT2D eigenvalue weighted by Gasteiger charge is 2.47. The SMILES string of the molecule is CC(C)n1c(=O)n(C)c2nnc3ccc(-c4ccc(C(OCCN5CCC6(CC6)C5)C(F)(F)F)nc4)cc3c21. The minimum Gasteiger partial charge on any atom is -0.361 e. The van der Waals surface area contributed by atoms with Crippen molar-refractivity contribution in [2.45, 2.75) is 51.4 Å². The zero-order valence-electron chi connectivity index (χ0n) is 22.2. The molecule has 0 bridgehead atoms. The van der Waals surface area contributed by atoms with Crippen molar-refractivity contribution in [2.24, 2.45) is 12.5 Å². The van der Waals surface area contributed by atoms with E-state index in [1.165, 1.54) is 29.7 Å². The average molecular weight is 541 g/mol. The van der Waals surface area contributed by atoms with Crippen LogP contribution in [0.15, 0.2) is 41.3 Å². The summed E-state index contributed by atoms with van der Waals surface area (Å²) in [6, 6.07) is 8.38. The quantitative estimate of drug-likeness (QED) is 0.327. The summed E-state index contributed by atoms with van der Waals surface area (Å²) >= 11 is 0. The molecule has 1 aromatic carbocycles. The first-order valence-corrected chi connectivity index (χ1v) is 13.3. The largest absolute Gasteiger partial charge is 0.420 e. The van der Waals surface area contributed by atoms with Crippen LogP contribution >= 0.6 is 0 Å². The Morgan fingerprint density at radius 3 is 2.49 bits per heavy atom. The van der Waals surface area contributed by atoms with E-state index in [4.69, 9.17) is 4.74 Å². The predicted molar refractivity (Wildman–Crippen MR) is 141 cm³/mol. The summed E-state index contributed by atoms with van der Waals surface area (Å²) in [6.45, 7) is 6.22. The van der Waals surface area contributed by atoms with Gasteiger partial charge in [-0.3, -0.25) is 14.1 Å². The van der Waals surface area contributed by atoms with Gasteiger partial charge in [0.25, 0.3) is 0 Å². The van der Waals surface area contributed by atoms with Crippen molar-refractivity contribution in [1.82, 2.24) is 29.2 Å². The summed E-state index contributed by atoms with van der Waals surface area (Å²) in [5.74, 6) is 0. The highest BCUT2D eigenvalue weighted by atomic mass is 19.4. The minimum absolute atomic E-state index is 0.0000259. The van der Waals surface area contributed by atoms with Gasteiger partial charge in [-0.1, -0.05) is 12.1 Å². The van der Waals surface area contributed by atoms with Crippen LogP contribution in [0, 0.1) is 5.41 Å². The number of imidazole rings is 1. The predicted octanol–water partition coefficient (Wildman–Crippen LogP) is 5.03. The summed E-state index contributed by atoms with van der Waals surface area (Å²) in [4.78, 5) is 19.2. The van der Waals surface area contributed by atoms with E-state index in [0.29, 0.717) is 34.2 Å². The number of alkyl halides is 3. The van der Waals surface area contributed by atoms with Gasteiger partial charge in [0.15, 0.2) is 11.8 Å². The van der Waals surface area contributed by atoms with E-state index in [-0.39, 0.29) is 24.0 Å². The maximum absolute atomic E-state index is 13.9. The van der Waals surface area contributed by atoms with E-state index in [0.717, 1.165) is 30.5 Å². The standard InChI is InChI=1S/C28H31F3N6O2/c1-17(2)37-23-20-14-18(4-6-21(20)33-34-25(23)35(3)26(37)38)19-5-7-22(32-15-19)24(28(29,30)31)39-13-12-36-11-10-27(16-36)8-9-27/h4-7,14-15,17,24H,8-13,16H2,1-3H3. The molecule has 1 atom stereocenters. The molecule has 6 rings (SSSR count). The Hall–Kier alpha value is -3.31. The Morgan fingerprint density at radius 1 is 1.08 bits per heavy atom. The number of aryl methyl sites for hydroxylation is 1. The smallest absolute Gasteiger partial charge is 0.361 e. The molecular formula is C28H31F3N6O2. The number of nitrogens with zero attached hydrogens (tertiary/aromatic N) is 6. The van der Waals surface area contributed by atoms with Gasteiger partial charge in [-0.2, -0.15) is 13.2 Å². The van der Waals surface area contributed by atoms with Crippen LogP contribution in [0.25, 0.3) is 33.2 Å². The molecule has 39 heavy (non-hydrogen) atoms. The molecule has 0 amide bonds. The van der Waals surface area contributed by atoms with E-state index in [1.807, 2.05) is 26.0 Å². The minimum atomic E-state index is -4.57. The molecule has 3 aromatic heterocycles.